The van der Waals surface area contributed by atoms with Crippen LogP contribution in [0.2, 0.25) is 0 Å². The number of aliphatic carboxylic acids is 1. The number of carboxylic acids is 1. The molecule has 0 amide bonds. The summed E-state index contributed by atoms with van der Waals surface area (Å²) >= 11 is 0. The first-order chi connectivity index (χ1) is 6.70. The smallest absolute Gasteiger partial charge is 0.304 e. The fraction of sp³-hybridized carbons (Fsp3) is 0.364. The molecule has 0 heterocycles. The molecule has 0 aliphatic heterocycles. The van der Waals surface area contributed by atoms with Crippen LogP contribution >= 0.6 is 0 Å². The van der Waals surface area contributed by atoms with Gasteiger partial charge in [-0.1, -0.05) is 30.3 Å². The lowest BCUT2D eigenvalue weighted by atomic mass is 10.1. The number of benzene rings is 1. The Balaban J connectivity index is 2.36. The van der Waals surface area contributed by atoms with Gasteiger partial charge in [0.15, 0.2) is 0 Å². The van der Waals surface area contributed by atoms with Crippen molar-refractivity contribution >= 4 is 5.97 Å². The van der Waals surface area contributed by atoms with Crippen LogP contribution in [-0.4, -0.2) is 17.6 Å². The Kier molecular flexibility index (Phi) is 4.13. The average molecular weight is 193 g/mol. The fourth-order valence-corrected chi connectivity index (χ4v) is 1.26. The predicted octanol–water partition coefficient (Wildman–Crippen LogP) is 1.81. The summed E-state index contributed by atoms with van der Waals surface area (Å²) in [5.41, 5.74) is 1.18. The topological polar surface area (TPSA) is 49.3 Å². The second-order valence-corrected chi connectivity index (χ2v) is 3.23. The molecule has 0 bridgehead atoms. The van der Waals surface area contributed by atoms with Crippen molar-refractivity contribution in [3.05, 3.63) is 35.9 Å². The molecule has 2 N–H and O–H groups in total. The third-order valence-electron chi connectivity index (χ3n) is 2.09. The first-order valence-electron chi connectivity index (χ1n) is 4.70. The zero-order chi connectivity index (χ0) is 10.4. The van der Waals surface area contributed by atoms with Crippen molar-refractivity contribution in [1.29, 1.82) is 0 Å². The van der Waals surface area contributed by atoms with Crippen molar-refractivity contribution in [3.63, 3.8) is 0 Å². The van der Waals surface area contributed by atoms with Crippen molar-refractivity contribution in [2.45, 2.75) is 19.4 Å². The Bertz CT molecular complexity index is 285. The molecule has 0 fully saturated rings. The molecule has 1 rings (SSSR count). The van der Waals surface area contributed by atoms with Crippen LogP contribution in [0.4, 0.5) is 0 Å². The van der Waals surface area contributed by atoms with E-state index in [9.17, 15) is 4.79 Å². The van der Waals surface area contributed by atoms with Gasteiger partial charge in [-0.05, 0) is 12.5 Å². The van der Waals surface area contributed by atoms with Crippen molar-refractivity contribution in [1.82, 2.24) is 5.32 Å². The summed E-state index contributed by atoms with van der Waals surface area (Å²) in [5.74, 6) is -0.766. The summed E-state index contributed by atoms with van der Waals surface area (Å²) in [6.45, 7) is 2.53. The SMILES string of the molecule is CC(NCCC(=O)O)c1ccccc1. The number of hydrogen-bond acceptors (Lipinski definition) is 2. The summed E-state index contributed by atoms with van der Waals surface area (Å²) < 4.78 is 0. The summed E-state index contributed by atoms with van der Waals surface area (Å²) in [7, 11) is 0. The minimum Gasteiger partial charge on any atom is -0.481 e. The van der Waals surface area contributed by atoms with Crippen molar-refractivity contribution in [2.75, 3.05) is 6.54 Å². The fourth-order valence-electron chi connectivity index (χ4n) is 1.26. The normalized spacial score (nSPS) is 12.4. The Morgan fingerprint density at radius 3 is 2.64 bits per heavy atom. The van der Waals surface area contributed by atoms with Crippen molar-refractivity contribution in [3.8, 4) is 0 Å². The second kappa shape index (κ2) is 5.40. The van der Waals surface area contributed by atoms with Crippen molar-refractivity contribution < 1.29 is 9.90 Å². The third-order valence-corrected chi connectivity index (χ3v) is 2.09. The van der Waals surface area contributed by atoms with Crippen LogP contribution in [-0.2, 0) is 4.79 Å². The predicted molar refractivity (Wildman–Crippen MR) is 55.1 cm³/mol. The van der Waals surface area contributed by atoms with Crippen LogP contribution in [0.15, 0.2) is 30.3 Å². The molecule has 1 atom stereocenters. The summed E-state index contributed by atoms with van der Waals surface area (Å²) in [4.78, 5) is 10.3. The first kappa shape index (κ1) is 10.7. The molecule has 0 aliphatic carbocycles. The summed E-state index contributed by atoms with van der Waals surface area (Å²) in [6, 6.07) is 10.2. The van der Waals surface area contributed by atoms with E-state index in [1.54, 1.807) is 0 Å². The molecule has 14 heavy (non-hydrogen) atoms. The van der Waals surface area contributed by atoms with Gasteiger partial charge in [-0.15, -0.1) is 0 Å². The highest BCUT2D eigenvalue weighted by atomic mass is 16.4. The van der Waals surface area contributed by atoms with Crippen LogP contribution in [0.1, 0.15) is 24.9 Å². The maximum absolute atomic E-state index is 10.3. The highest BCUT2D eigenvalue weighted by Crippen LogP contribution is 2.10. The molecule has 3 nitrogen and oxygen atoms in total. The molecule has 1 aromatic carbocycles. The Labute approximate surface area is 83.8 Å². The van der Waals surface area contributed by atoms with E-state index >= 15 is 0 Å². The van der Waals surface area contributed by atoms with E-state index in [1.807, 2.05) is 37.3 Å². The van der Waals surface area contributed by atoms with Gasteiger partial charge < -0.3 is 10.4 Å². The highest BCUT2D eigenvalue weighted by molar-refractivity contribution is 5.66. The number of hydrogen-bond donors (Lipinski definition) is 2. The van der Waals surface area contributed by atoms with E-state index in [4.69, 9.17) is 5.11 Å². The number of carboxylic acid groups (broad SMARTS) is 1. The van der Waals surface area contributed by atoms with E-state index in [2.05, 4.69) is 5.32 Å². The van der Waals surface area contributed by atoms with E-state index in [1.165, 1.54) is 5.56 Å². The lowest BCUT2D eigenvalue weighted by molar-refractivity contribution is -0.136. The zero-order valence-corrected chi connectivity index (χ0v) is 8.23. The lowest BCUT2D eigenvalue weighted by Gasteiger charge is -2.12. The minimum atomic E-state index is -0.766. The van der Waals surface area contributed by atoms with E-state index in [0.717, 1.165) is 0 Å². The molecule has 76 valence electrons. The van der Waals surface area contributed by atoms with Crippen molar-refractivity contribution in [2.24, 2.45) is 0 Å². The van der Waals surface area contributed by atoms with Gasteiger partial charge in [-0.25, -0.2) is 0 Å². The molecule has 0 aliphatic rings. The van der Waals surface area contributed by atoms with E-state index in [-0.39, 0.29) is 12.5 Å². The third kappa shape index (κ3) is 3.58. The number of rotatable bonds is 5. The van der Waals surface area contributed by atoms with Crippen LogP contribution in [0.5, 0.6) is 0 Å². The molecular weight excluding hydrogens is 178 g/mol. The molecule has 0 aromatic heterocycles. The van der Waals surface area contributed by atoms with E-state index < -0.39 is 5.97 Å². The summed E-state index contributed by atoms with van der Waals surface area (Å²) in [5, 5.41) is 11.6. The van der Waals surface area contributed by atoms with Gasteiger partial charge in [0.1, 0.15) is 0 Å². The number of nitrogens with one attached hydrogen (secondary N) is 1. The van der Waals surface area contributed by atoms with Gasteiger partial charge >= 0.3 is 5.97 Å². The minimum absolute atomic E-state index is 0.164. The Morgan fingerprint density at radius 2 is 2.07 bits per heavy atom. The standard InChI is InChI=1S/C11H15NO2/c1-9(12-8-7-11(13)14)10-5-3-2-4-6-10/h2-6,9,12H,7-8H2,1H3,(H,13,14). The van der Waals surface area contributed by atoms with Crippen LogP contribution < -0.4 is 5.32 Å². The molecule has 0 spiro atoms. The highest BCUT2D eigenvalue weighted by Gasteiger charge is 2.04. The van der Waals surface area contributed by atoms with E-state index in [0.29, 0.717) is 6.54 Å². The molecular formula is C11H15NO2. The molecule has 3 heteroatoms. The average Bonchev–Trinajstić information content (AvgIpc) is 2.18. The molecule has 1 unspecified atom stereocenters. The maximum Gasteiger partial charge on any atom is 0.304 e. The second-order valence-electron chi connectivity index (χ2n) is 3.23. The van der Waals surface area contributed by atoms with Crippen LogP contribution in [0.25, 0.3) is 0 Å². The van der Waals surface area contributed by atoms with Gasteiger partial charge in [0.05, 0.1) is 6.42 Å². The molecule has 0 radical (unpaired) electrons. The number of carbonyl (C=O) groups is 1. The summed E-state index contributed by atoms with van der Waals surface area (Å²) in [6.07, 6.45) is 0.164. The van der Waals surface area contributed by atoms with Gasteiger partial charge in [0, 0.05) is 12.6 Å². The lowest BCUT2D eigenvalue weighted by Crippen LogP contribution is -2.21. The van der Waals surface area contributed by atoms with Gasteiger partial charge in [0.2, 0.25) is 0 Å². The Morgan fingerprint density at radius 1 is 1.43 bits per heavy atom. The Hall–Kier alpha value is -1.35. The molecule has 1 aromatic rings. The molecule has 0 saturated heterocycles. The van der Waals surface area contributed by atoms with Crippen LogP contribution in [0.3, 0.4) is 0 Å². The van der Waals surface area contributed by atoms with Crippen LogP contribution in [0, 0.1) is 0 Å². The first-order valence-corrected chi connectivity index (χ1v) is 4.70. The van der Waals surface area contributed by atoms with Gasteiger partial charge in [-0.3, -0.25) is 4.79 Å². The maximum atomic E-state index is 10.3. The van der Waals surface area contributed by atoms with Gasteiger partial charge in [-0.2, -0.15) is 0 Å². The molecule has 0 saturated carbocycles. The van der Waals surface area contributed by atoms with Gasteiger partial charge in [0.25, 0.3) is 0 Å². The largest absolute Gasteiger partial charge is 0.481 e. The quantitative estimate of drug-likeness (QED) is 0.749. The monoisotopic (exact) mass is 193 g/mol. The zero-order valence-electron chi connectivity index (χ0n) is 8.23.